The number of nitrogens with zero attached hydrogens (tertiary/aromatic N) is 1. The summed E-state index contributed by atoms with van der Waals surface area (Å²) in [6.07, 6.45) is 0. The van der Waals surface area contributed by atoms with Gasteiger partial charge in [0, 0.05) is 6.07 Å². The molecule has 0 saturated carbocycles. The summed E-state index contributed by atoms with van der Waals surface area (Å²) in [7, 11) is -2.07. The number of carbonyl (C=O) groups excluding carboxylic acids is 1. The molecule has 186 valence electrons. The first-order valence-electron chi connectivity index (χ1n) is 11.4. The molecular formula is C25H34N2O6S. The standard InChI is InChI=1S/C25H34N2O6S/c1-7-34(29,30)27(19-8-9-22-24(13-19)33-11-10-32-22)15-25(28)26-18(5)21-14-20(16(2)3)23(31-6)12-17(21)4/h8-9,12-14,16,18H,7,10-11,15H2,1-6H3,(H,26,28)/t18-/m0/s1. The SMILES string of the molecule is CCS(=O)(=O)N(CC(=O)N[C@@H](C)c1cc(C(C)C)c(OC)cc1C)c1ccc2c(c1)OCCO2. The highest BCUT2D eigenvalue weighted by atomic mass is 32.2. The molecule has 0 spiro atoms. The average molecular weight is 491 g/mol. The van der Waals surface area contributed by atoms with E-state index in [1.54, 1.807) is 32.2 Å². The van der Waals surface area contributed by atoms with E-state index in [9.17, 15) is 13.2 Å². The number of amides is 1. The van der Waals surface area contributed by atoms with Gasteiger partial charge in [0.15, 0.2) is 11.5 Å². The van der Waals surface area contributed by atoms with Crippen molar-refractivity contribution in [3.63, 3.8) is 0 Å². The van der Waals surface area contributed by atoms with E-state index in [0.29, 0.717) is 30.4 Å². The number of ether oxygens (including phenoxy) is 3. The molecule has 0 saturated heterocycles. The van der Waals surface area contributed by atoms with Crippen molar-refractivity contribution in [3.05, 3.63) is 47.0 Å². The van der Waals surface area contributed by atoms with Crippen molar-refractivity contribution in [1.82, 2.24) is 5.32 Å². The Kier molecular flexibility index (Phi) is 7.97. The van der Waals surface area contributed by atoms with Gasteiger partial charge in [0.2, 0.25) is 15.9 Å². The fraction of sp³-hybridized carbons (Fsp3) is 0.480. The third-order valence-corrected chi connectivity index (χ3v) is 7.63. The predicted molar refractivity (Wildman–Crippen MR) is 133 cm³/mol. The number of rotatable bonds is 9. The molecule has 1 heterocycles. The molecule has 1 amide bonds. The number of nitrogens with one attached hydrogen (secondary N) is 1. The zero-order chi connectivity index (χ0) is 25.0. The number of sulfonamides is 1. The molecular weight excluding hydrogens is 456 g/mol. The number of aryl methyl sites for hydroxylation is 1. The number of methoxy groups -OCH3 is 1. The maximum Gasteiger partial charge on any atom is 0.241 e. The number of hydrogen-bond donors (Lipinski definition) is 1. The molecule has 0 radical (unpaired) electrons. The lowest BCUT2D eigenvalue weighted by Crippen LogP contribution is -2.42. The maximum absolute atomic E-state index is 13.0. The first kappa shape index (κ1) is 25.7. The van der Waals surface area contributed by atoms with Crippen LogP contribution >= 0.6 is 0 Å². The molecule has 9 heteroatoms. The van der Waals surface area contributed by atoms with Crippen LogP contribution in [0.3, 0.4) is 0 Å². The Balaban J connectivity index is 1.84. The number of carbonyl (C=O) groups is 1. The van der Waals surface area contributed by atoms with E-state index >= 15 is 0 Å². The van der Waals surface area contributed by atoms with Crippen LogP contribution in [0.1, 0.15) is 56.3 Å². The largest absolute Gasteiger partial charge is 0.496 e. The lowest BCUT2D eigenvalue weighted by atomic mass is 9.93. The molecule has 0 bridgehead atoms. The molecule has 1 aliphatic rings. The normalized spacial score (nSPS) is 14.0. The number of anilines is 1. The second-order valence-corrected chi connectivity index (χ2v) is 10.8. The minimum Gasteiger partial charge on any atom is -0.496 e. The zero-order valence-electron chi connectivity index (χ0n) is 20.7. The minimum absolute atomic E-state index is 0.139. The summed E-state index contributed by atoms with van der Waals surface area (Å²) < 4.78 is 43.5. The first-order valence-corrected chi connectivity index (χ1v) is 13.1. The quantitative estimate of drug-likeness (QED) is 0.572. The molecule has 0 unspecified atom stereocenters. The van der Waals surface area contributed by atoms with Crippen LogP contribution in [-0.2, 0) is 14.8 Å². The third-order valence-electron chi connectivity index (χ3n) is 5.89. The summed E-state index contributed by atoms with van der Waals surface area (Å²) in [5, 5.41) is 2.96. The van der Waals surface area contributed by atoms with Gasteiger partial charge < -0.3 is 19.5 Å². The smallest absolute Gasteiger partial charge is 0.241 e. The average Bonchev–Trinajstić information content (AvgIpc) is 2.81. The topological polar surface area (TPSA) is 94.2 Å². The van der Waals surface area contributed by atoms with Gasteiger partial charge in [0.25, 0.3) is 0 Å². The van der Waals surface area contributed by atoms with Crippen LogP contribution in [0.25, 0.3) is 0 Å². The molecule has 34 heavy (non-hydrogen) atoms. The Bertz CT molecular complexity index is 1150. The highest BCUT2D eigenvalue weighted by molar-refractivity contribution is 7.92. The molecule has 8 nitrogen and oxygen atoms in total. The maximum atomic E-state index is 13.0. The van der Waals surface area contributed by atoms with Gasteiger partial charge in [-0.3, -0.25) is 9.10 Å². The molecule has 0 fully saturated rings. The Labute approximate surface area is 202 Å². The fourth-order valence-electron chi connectivity index (χ4n) is 4.00. The fourth-order valence-corrected chi connectivity index (χ4v) is 5.06. The van der Waals surface area contributed by atoms with Gasteiger partial charge in [-0.25, -0.2) is 8.42 Å². The number of benzene rings is 2. The summed E-state index contributed by atoms with van der Waals surface area (Å²) in [6, 6.07) is 8.58. The van der Waals surface area contributed by atoms with Crippen LogP contribution in [-0.4, -0.2) is 46.9 Å². The first-order chi connectivity index (χ1) is 16.1. The van der Waals surface area contributed by atoms with Gasteiger partial charge in [-0.2, -0.15) is 0 Å². The van der Waals surface area contributed by atoms with Crippen LogP contribution in [0.5, 0.6) is 17.2 Å². The highest BCUT2D eigenvalue weighted by Crippen LogP contribution is 2.35. The van der Waals surface area contributed by atoms with E-state index in [2.05, 4.69) is 19.2 Å². The second-order valence-electron chi connectivity index (χ2n) is 8.63. The summed E-state index contributed by atoms with van der Waals surface area (Å²) in [5.74, 6) is 1.54. The Morgan fingerprint density at radius 3 is 2.38 bits per heavy atom. The van der Waals surface area contributed by atoms with Crippen molar-refractivity contribution in [2.75, 3.05) is 36.9 Å². The van der Waals surface area contributed by atoms with E-state index in [4.69, 9.17) is 14.2 Å². The molecule has 0 aliphatic carbocycles. The second kappa shape index (κ2) is 10.5. The van der Waals surface area contributed by atoms with Crippen molar-refractivity contribution < 1.29 is 27.4 Å². The lowest BCUT2D eigenvalue weighted by molar-refractivity contribution is -0.120. The van der Waals surface area contributed by atoms with Gasteiger partial charge in [-0.15, -0.1) is 0 Å². The van der Waals surface area contributed by atoms with Gasteiger partial charge in [0.05, 0.1) is 24.6 Å². The number of hydrogen-bond acceptors (Lipinski definition) is 6. The van der Waals surface area contributed by atoms with Crippen LogP contribution in [0.15, 0.2) is 30.3 Å². The monoisotopic (exact) mass is 490 g/mol. The molecule has 1 aliphatic heterocycles. The van der Waals surface area contributed by atoms with Gasteiger partial charge >= 0.3 is 0 Å². The van der Waals surface area contributed by atoms with Crippen LogP contribution in [0.4, 0.5) is 5.69 Å². The Hall–Kier alpha value is -2.94. The lowest BCUT2D eigenvalue weighted by Gasteiger charge is -2.27. The summed E-state index contributed by atoms with van der Waals surface area (Å²) in [5.41, 5.74) is 3.35. The Morgan fingerprint density at radius 2 is 1.76 bits per heavy atom. The van der Waals surface area contributed by atoms with Crippen molar-refractivity contribution in [2.24, 2.45) is 0 Å². The van der Waals surface area contributed by atoms with E-state index < -0.39 is 15.9 Å². The zero-order valence-corrected chi connectivity index (χ0v) is 21.5. The van der Waals surface area contributed by atoms with E-state index in [1.807, 2.05) is 26.0 Å². The van der Waals surface area contributed by atoms with Crippen molar-refractivity contribution in [2.45, 2.75) is 46.6 Å². The Morgan fingerprint density at radius 1 is 1.09 bits per heavy atom. The van der Waals surface area contributed by atoms with Crippen molar-refractivity contribution in [3.8, 4) is 17.2 Å². The molecule has 0 aromatic heterocycles. The summed E-state index contributed by atoms with van der Waals surface area (Å²) in [6.45, 7) is 10.1. The molecule has 1 atom stereocenters. The highest BCUT2D eigenvalue weighted by Gasteiger charge is 2.26. The summed E-state index contributed by atoms with van der Waals surface area (Å²) in [4.78, 5) is 13.0. The van der Waals surface area contributed by atoms with Gasteiger partial charge in [0.1, 0.15) is 25.5 Å². The molecule has 3 rings (SSSR count). The van der Waals surface area contributed by atoms with Crippen molar-refractivity contribution in [1.29, 1.82) is 0 Å². The molecule has 2 aromatic rings. The summed E-state index contributed by atoms with van der Waals surface area (Å²) >= 11 is 0. The van der Waals surface area contributed by atoms with E-state index in [0.717, 1.165) is 26.7 Å². The molecule has 1 N–H and O–H groups in total. The third kappa shape index (κ3) is 5.58. The molecule has 2 aromatic carbocycles. The van der Waals surface area contributed by atoms with E-state index in [-0.39, 0.29) is 24.3 Å². The van der Waals surface area contributed by atoms with Gasteiger partial charge in [-0.1, -0.05) is 13.8 Å². The number of fused-ring (bicyclic) bond motifs is 1. The minimum atomic E-state index is -3.71. The van der Waals surface area contributed by atoms with Crippen LogP contribution in [0.2, 0.25) is 0 Å². The predicted octanol–water partition coefficient (Wildman–Crippen LogP) is 3.93. The van der Waals surface area contributed by atoms with E-state index in [1.165, 1.54) is 0 Å². The van der Waals surface area contributed by atoms with Crippen molar-refractivity contribution >= 4 is 21.6 Å². The van der Waals surface area contributed by atoms with Gasteiger partial charge in [-0.05, 0) is 67.6 Å². The van der Waals surface area contributed by atoms with Crippen LogP contribution in [0, 0.1) is 6.92 Å². The van der Waals surface area contributed by atoms with Crippen LogP contribution < -0.4 is 23.8 Å².